The third kappa shape index (κ3) is 15.6. The number of hydrogen-bond donors (Lipinski definition) is 12. The minimum absolute atomic E-state index is 0.116. The molecule has 53 heavy (non-hydrogen) atoms. The Morgan fingerprint density at radius 1 is 0.623 bits per heavy atom. The van der Waals surface area contributed by atoms with Crippen molar-refractivity contribution in [2.75, 3.05) is 19.6 Å². The first-order chi connectivity index (χ1) is 25.3. The molecule has 0 radical (unpaired) electrons. The van der Waals surface area contributed by atoms with Crippen molar-refractivity contribution >= 4 is 36.7 Å². The van der Waals surface area contributed by atoms with Crippen LogP contribution in [0.2, 0.25) is 0 Å². The SMILES string of the molecule is CCCCc1ccc(-c2ccc(C(=O)N[C@@H](CN)C(=O)N[C@@H](CCCCN)C(=O)N[C@@H](N)C(=O)N[C@@H](CCCCN)C(=O)N[C@@H](N)B(O)O)cc2)cc1. The molecule has 0 spiro atoms. The highest BCUT2D eigenvalue weighted by Crippen LogP contribution is 2.21. The van der Waals surface area contributed by atoms with Crippen LogP contribution < -0.4 is 55.3 Å². The van der Waals surface area contributed by atoms with Crippen molar-refractivity contribution in [3.05, 3.63) is 59.7 Å². The van der Waals surface area contributed by atoms with Gasteiger partial charge in [-0.1, -0.05) is 49.7 Å². The molecule has 292 valence electrons. The molecule has 17 nitrogen and oxygen atoms in total. The predicted molar refractivity (Wildman–Crippen MR) is 203 cm³/mol. The van der Waals surface area contributed by atoms with E-state index in [1.807, 2.05) is 24.3 Å². The van der Waals surface area contributed by atoms with Gasteiger partial charge in [-0.3, -0.25) is 24.0 Å². The van der Waals surface area contributed by atoms with E-state index >= 15 is 0 Å². The van der Waals surface area contributed by atoms with Crippen molar-refractivity contribution in [2.24, 2.45) is 28.7 Å². The summed E-state index contributed by atoms with van der Waals surface area (Å²) in [5.74, 6) is -3.81. The molecular weight excluding hydrogens is 683 g/mol. The van der Waals surface area contributed by atoms with Gasteiger partial charge < -0.3 is 65.3 Å². The van der Waals surface area contributed by atoms with Gasteiger partial charge in [0.1, 0.15) is 24.2 Å². The van der Waals surface area contributed by atoms with Crippen LogP contribution in [0.1, 0.15) is 74.2 Å². The molecule has 0 aliphatic carbocycles. The molecule has 0 saturated carbocycles. The molecule has 5 amide bonds. The molecule has 2 aromatic carbocycles. The maximum absolute atomic E-state index is 13.3. The van der Waals surface area contributed by atoms with Gasteiger partial charge in [-0.25, -0.2) is 0 Å². The molecule has 18 heteroatoms. The van der Waals surface area contributed by atoms with Gasteiger partial charge in [0, 0.05) is 12.1 Å². The van der Waals surface area contributed by atoms with E-state index in [1.54, 1.807) is 12.1 Å². The van der Waals surface area contributed by atoms with Crippen molar-refractivity contribution in [1.29, 1.82) is 0 Å². The fourth-order valence-corrected chi connectivity index (χ4v) is 5.25. The normalized spacial score (nSPS) is 13.8. The highest BCUT2D eigenvalue weighted by molar-refractivity contribution is 6.43. The molecule has 0 unspecified atom stereocenters. The van der Waals surface area contributed by atoms with Gasteiger partial charge in [0.2, 0.25) is 17.7 Å². The number of benzene rings is 2. The third-order valence-electron chi connectivity index (χ3n) is 8.48. The highest BCUT2D eigenvalue weighted by Gasteiger charge is 2.31. The van der Waals surface area contributed by atoms with Crippen LogP contribution in [0.25, 0.3) is 11.1 Å². The van der Waals surface area contributed by atoms with Gasteiger partial charge in [0.05, 0.1) is 0 Å². The molecule has 17 N–H and O–H groups in total. The first-order valence-corrected chi connectivity index (χ1v) is 18.0. The minimum Gasteiger partial charge on any atom is -0.425 e. The van der Waals surface area contributed by atoms with E-state index < -0.39 is 67.0 Å². The van der Waals surface area contributed by atoms with Gasteiger partial charge in [0.15, 0.2) is 6.17 Å². The lowest BCUT2D eigenvalue weighted by molar-refractivity contribution is -0.134. The predicted octanol–water partition coefficient (Wildman–Crippen LogP) is -2.21. The average Bonchev–Trinajstić information content (AvgIpc) is 3.15. The summed E-state index contributed by atoms with van der Waals surface area (Å²) < 4.78 is 0. The average molecular weight is 741 g/mol. The van der Waals surface area contributed by atoms with E-state index in [2.05, 4.69) is 45.6 Å². The lowest BCUT2D eigenvalue weighted by Crippen LogP contribution is -2.62. The number of unbranched alkanes of at least 4 members (excludes halogenated alkanes) is 3. The quantitative estimate of drug-likeness (QED) is 0.0310. The number of amides is 5. The maximum atomic E-state index is 13.3. The molecule has 0 heterocycles. The van der Waals surface area contributed by atoms with E-state index in [0.29, 0.717) is 44.3 Å². The highest BCUT2D eigenvalue weighted by atomic mass is 16.4. The van der Waals surface area contributed by atoms with E-state index in [4.69, 9.17) is 28.7 Å². The number of hydrogen-bond acceptors (Lipinski definition) is 12. The summed E-state index contributed by atoms with van der Waals surface area (Å²) in [5.41, 5.74) is 32.0. The minimum atomic E-state index is -2.05. The fourth-order valence-electron chi connectivity index (χ4n) is 5.25. The largest absolute Gasteiger partial charge is 0.490 e. The fraction of sp³-hybridized carbons (Fsp3) is 0.514. The Morgan fingerprint density at radius 2 is 1.11 bits per heavy atom. The summed E-state index contributed by atoms with van der Waals surface area (Å²) >= 11 is 0. The van der Waals surface area contributed by atoms with Gasteiger partial charge in [-0.05, 0) is 93.3 Å². The van der Waals surface area contributed by atoms with Crippen molar-refractivity contribution in [1.82, 2.24) is 26.6 Å². The Labute approximate surface area is 311 Å². The Hall–Kier alpha value is -4.43. The number of rotatable bonds is 24. The number of carbonyl (C=O) groups excluding carboxylic acids is 5. The summed E-state index contributed by atoms with van der Waals surface area (Å²) in [7, 11) is -2.05. The summed E-state index contributed by atoms with van der Waals surface area (Å²) in [6.07, 6.45) is 3.79. The molecule has 0 aromatic heterocycles. The standard InChI is InChI=1S/C35H57BN10O7/c1-2-3-8-22-11-13-23(14-12-22)24-15-17-25(18-16-24)30(47)44-28(21-39)33(50)42-26(9-4-6-19-37)31(48)45-29(40)34(51)43-27(10-5-7-20-38)32(49)46-35(41)36(52)53/h11-18,26-29,35,52-53H,2-10,19-21,37-41H2,1H3,(H,42,50)(H,43,51)(H,44,47)(H,45,48)(H,46,49)/t26-,27-,28-,29+,35+/m0/s1. The van der Waals surface area contributed by atoms with E-state index in [-0.39, 0.29) is 19.4 Å². The molecular formula is C35H57BN10O7. The van der Waals surface area contributed by atoms with E-state index in [0.717, 1.165) is 30.4 Å². The Morgan fingerprint density at radius 3 is 1.60 bits per heavy atom. The van der Waals surface area contributed by atoms with Crippen LogP contribution in [-0.2, 0) is 25.6 Å². The molecule has 5 atom stereocenters. The maximum Gasteiger partial charge on any atom is 0.490 e. The lowest BCUT2D eigenvalue weighted by atomic mass is 9.86. The van der Waals surface area contributed by atoms with Crippen LogP contribution in [-0.4, -0.2) is 96.7 Å². The Kier molecular flexibility index (Phi) is 20.3. The van der Waals surface area contributed by atoms with Crippen molar-refractivity contribution in [2.45, 2.75) is 95.1 Å². The zero-order valence-electron chi connectivity index (χ0n) is 30.4. The van der Waals surface area contributed by atoms with Crippen LogP contribution >= 0.6 is 0 Å². The van der Waals surface area contributed by atoms with Crippen molar-refractivity contribution in [3.8, 4) is 11.1 Å². The zero-order valence-corrected chi connectivity index (χ0v) is 30.4. The summed E-state index contributed by atoms with van der Waals surface area (Å²) in [4.78, 5) is 65.4. The smallest absolute Gasteiger partial charge is 0.425 e. The van der Waals surface area contributed by atoms with Crippen LogP contribution in [0.4, 0.5) is 0 Å². The molecule has 0 aliphatic rings. The number of carbonyl (C=O) groups is 5. The van der Waals surface area contributed by atoms with Crippen LogP contribution in [0.5, 0.6) is 0 Å². The van der Waals surface area contributed by atoms with E-state index in [1.165, 1.54) is 5.56 Å². The molecule has 0 aliphatic heterocycles. The lowest BCUT2D eigenvalue weighted by Gasteiger charge is -2.25. The zero-order chi connectivity index (χ0) is 39.3. The molecule has 2 rings (SSSR count). The van der Waals surface area contributed by atoms with E-state index in [9.17, 15) is 34.0 Å². The molecule has 0 fully saturated rings. The summed E-state index contributed by atoms with van der Waals surface area (Å²) in [5, 5.41) is 30.6. The molecule has 0 bridgehead atoms. The summed E-state index contributed by atoms with van der Waals surface area (Å²) in [6, 6.07) is 10.1. The second-order valence-electron chi connectivity index (χ2n) is 12.8. The monoisotopic (exact) mass is 740 g/mol. The summed E-state index contributed by atoms with van der Waals surface area (Å²) in [6.45, 7) is 2.54. The topological polar surface area (TPSA) is 316 Å². The second kappa shape index (κ2) is 24.0. The molecule has 0 saturated heterocycles. The number of aryl methyl sites for hydroxylation is 1. The molecule has 2 aromatic rings. The Balaban J connectivity index is 2.07. The second-order valence-corrected chi connectivity index (χ2v) is 12.8. The first kappa shape index (κ1) is 44.7. The number of nitrogens with two attached hydrogens (primary N) is 5. The van der Waals surface area contributed by atoms with Gasteiger partial charge >= 0.3 is 7.12 Å². The van der Waals surface area contributed by atoms with Gasteiger partial charge in [-0.2, -0.15) is 0 Å². The van der Waals surface area contributed by atoms with Gasteiger partial charge in [-0.15, -0.1) is 0 Å². The van der Waals surface area contributed by atoms with Gasteiger partial charge in [0.25, 0.3) is 11.8 Å². The Bertz CT molecular complexity index is 1450. The van der Waals surface area contributed by atoms with Crippen molar-refractivity contribution in [3.63, 3.8) is 0 Å². The van der Waals surface area contributed by atoms with Crippen LogP contribution in [0.15, 0.2) is 48.5 Å². The van der Waals surface area contributed by atoms with Crippen LogP contribution in [0, 0.1) is 0 Å². The van der Waals surface area contributed by atoms with Crippen LogP contribution in [0.3, 0.4) is 0 Å². The van der Waals surface area contributed by atoms with Crippen molar-refractivity contribution < 1.29 is 34.0 Å². The number of nitrogens with one attached hydrogen (secondary N) is 5. The first-order valence-electron chi connectivity index (χ1n) is 18.0. The third-order valence-corrected chi connectivity index (χ3v) is 8.48.